The Balaban J connectivity index is 2.41. The zero-order valence-corrected chi connectivity index (χ0v) is 10.5. The van der Waals surface area contributed by atoms with Crippen molar-refractivity contribution in [3.8, 4) is 0 Å². The Kier molecular flexibility index (Phi) is 1.97. The first-order valence-corrected chi connectivity index (χ1v) is 6.73. The van der Waals surface area contributed by atoms with Crippen molar-refractivity contribution in [3.63, 3.8) is 0 Å². The Hall–Kier alpha value is -1.93. The lowest BCUT2D eigenvalue weighted by Gasteiger charge is -2.15. The predicted octanol–water partition coefficient (Wildman–Crippen LogP) is 2.63. The van der Waals surface area contributed by atoms with Crippen LogP contribution in [0, 0.1) is 0 Å². The molecule has 0 unspecified atom stereocenters. The lowest BCUT2D eigenvalue weighted by atomic mass is 9.90. The number of hydrogen-bond acceptors (Lipinski definition) is 1. The average molecular weight is 250 g/mol. The number of benzene rings is 3. The van der Waals surface area contributed by atoms with E-state index in [0.717, 1.165) is 16.8 Å². The molecule has 0 aromatic heterocycles. The van der Waals surface area contributed by atoms with Crippen LogP contribution in [0.4, 0.5) is 0 Å². The van der Waals surface area contributed by atoms with E-state index in [-0.39, 0.29) is 0 Å². The summed E-state index contributed by atoms with van der Waals surface area (Å²) in [6.45, 7) is 0. The third-order valence-corrected chi connectivity index (χ3v) is 4.31. The normalized spacial score (nSPS) is 13.9. The summed E-state index contributed by atoms with van der Waals surface area (Å²) in [5.74, 6) is 0. The Labute approximate surface area is 108 Å². The maximum absolute atomic E-state index is 11.2. The maximum Gasteiger partial charge on any atom is 0.0930 e. The molecule has 0 saturated heterocycles. The smallest absolute Gasteiger partial charge is 0.0930 e. The zero-order chi connectivity index (χ0) is 12.1. The van der Waals surface area contributed by atoms with E-state index in [1.54, 1.807) is 0 Å². The van der Waals surface area contributed by atoms with E-state index in [0.29, 0.717) is 11.3 Å². The molecule has 4 rings (SSSR count). The van der Waals surface area contributed by atoms with Crippen molar-refractivity contribution in [3.05, 3.63) is 53.2 Å². The highest BCUT2D eigenvalue weighted by molar-refractivity contribution is 7.67. The minimum atomic E-state index is 0.627. The van der Waals surface area contributed by atoms with Crippen LogP contribution in [0.1, 0.15) is 12.0 Å². The summed E-state index contributed by atoms with van der Waals surface area (Å²) in [5.41, 5.74) is 1.12. The molecule has 0 aliphatic heterocycles. The van der Waals surface area contributed by atoms with Crippen LogP contribution in [0.5, 0.6) is 0 Å². The molecule has 1 aliphatic rings. The van der Waals surface area contributed by atoms with Gasteiger partial charge in [0.25, 0.3) is 0 Å². The first-order chi connectivity index (χ1) is 8.88. The van der Waals surface area contributed by atoms with Gasteiger partial charge in [0.2, 0.25) is 0 Å². The van der Waals surface area contributed by atoms with Crippen LogP contribution in [0.25, 0.3) is 27.6 Å². The van der Waals surface area contributed by atoms with E-state index in [9.17, 15) is 4.21 Å². The third-order valence-electron chi connectivity index (χ3n) is 3.72. The lowest BCUT2D eigenvalue weighted by molar-refractivity contribution is 0.701. The molecule has 0 saturated carbocycles. The van der Waals surface area contributed by atoms with Crippen LogP contribution in [0.3, 0.4) is 0 Å². The first-order valence-electron chi connectivity index (χ1n) is 5.99. The van der Waals surface area contributed by atoms with Crippen molar-refractivity contribution in [1.29, 1.82) is 0 Å². The monoisotopic (exact) mass is 250 g/mol. The number of hydrogen-bond donors (Lipinski definition) is 0. The minimum Gasteiger partial charge on any atom is -0.212 e. The zero-order valence-electron chi connectivity index (χ0n) is 9.64. The Morgan fingerprint density at radius 1 is 0.889 bits per heavy atom. The molecule has 86 valence electrons. The Morgan fingerprint density at radius 2 is 1.67 bits per heavy atom. The molecular formula is C16H10OS. The summed E-state index contributed by atoms with van der Waals surface area (Å²) < 4.78 is 11.2. The standard InChI is InChI=1S/C16H10OS/c17-18-14-9-7-12-5-4-10-2-1-3-11-6-8-13(14)16(12)15(10)11/h1-8H,9H2. The first kappa shape index (κ1) is 10.0. The van der Waals surface area contributed by atoms with Crippen LogP contribution >= 0.6 is 0 Å². The summed E-state index contributed by atoms with van der Waals surface area (Å²) in [7, 11) is 0. The highest BCUT2D eigenvalue weighted by Gasteiger charge is 2.14. The second-order valence-electron chi connectivity index (χ2n) is 4.64. The van der Waals surface area contributed by atoms with Gasteiger partial charge in [0.1, 0.15) is 0 Å². The van der Waals surface area contributed by atoms with E-state index < -0.39 is 0 Å². The molecule has 18 heavy (non-hydrogen) atoms. The van der Waals surface area contributed by atoms with E-state index in [4.69, 9.17) is 0 Å². The fraction of sp³-hybridized carbons (Fsp3) is 0.0625. The fourth-order valence-corrected chi connectivity index (χ4v) is 3.31. The molecule has 0 amide bonds. The molecule has 0 heterocycles. The van der Waals surface area contributed by atoms with Gasteiger partial charge in [-0.15, -0.1) is 0 Å². The van der Waals surface area contributed by atoms with E-state index in [1.807, 2.05) is 0 Å². The molecule has 1 nitrogen and oxygen atoms in total. The van der Waals surface area contributed by atoms with Gasteiger partial charge in [0.05, 0.1) is 16.1 Å². The van der Waals surface area contributed by atoms with Crippen molar-refractivity contribution in [2.75, 3.05) is 0 Å². The van der Waals surface area contributed by atoms with Gasteiger partial charge in [0, 0.05) is 6.42 Å². The van der Waals surface area contributed by atoms with Crippen molar-refractivity contribution < 1.29 is 4.21 Å². The highest BCUT2D eigenvalue weighted by Crippen LogP contribution is 2.29. The second-order valence-corrected chi connectivity index (χ2v) is 5.30. The average Bonchev–Trinajstić information content (AvgIpc) is 2.44. The molecule has 3 aromatic carbocycles. The maximum atomic E-state index is 11.2. The molecule has 2 heteroatoms. The molecule has 0 radical (unpaired) electrons. The summed E-state index contributed by atoms with van der Waals surface area (Å²) in [4.78, 5) is 0.931. The quantitative estimate of drug-likeness (QED) is 0.561. The summed E-state index contributed by atoms with van der Waals surface area (Å²) in [6, 6.07) is 14.9. The predicted molar refractivity (Wildman–Crippen MR) is 78.0 cm³/mol. The van der Waals surface area contributed by atoms with E-state index in [2.05, 4.69) is 48.5 Å². The number of rotatable bonds is 0. The SMILES string of the molecule is O=S=C1CC=c2ccc3cccc4ccc1c2c43. The Bertz CT molecular complexity index is 886. The van der Waals surface area contributed by atoms with Crippen molar-refractivity contribution >= 4 is 43.7 Å². The van der Waals surface area contributed by atoms with Gasteiger partial charge >= 0.3 is 0 Å². The summed E-state index contributed by atoms with van der Waals surface area (Å²) >= 11 is 0.627. The van der Waals surface area contributed by atoms with E-state index >= 15 is 0 Å². The molecule has 1 aliphatic carbocycles. The largest absolute Gasteiger partial charge is 0.212 e. The van der Waals surface area contributed by atoms with Crippen molar-refractivity contribution in [1.82, 2.24) is 0 Å². The van der Waals surface area contributed by atoms with Gasteiger partial charge < -0.3 is 0 Å². The molecular weight excluding hydrogens is 240 g/mol. The van der Waals surface area contributed by atoms with Gasteiger partial charge in [-0.25, -0.2) is 4.21 Å². The molecule has 3 aromatic rings. The second kappa shape index (κ2) is 3.53. The molecule has 0 bridgehead atoms. The molecule has 0 fully saturated rings. The van der Waals surface area contributed by atoms with Crippen LogP contribution in [0.2, 0.25) is 0 Å². The minimum absolute atomic E-state index is 0.627. The van der Waals surface area contributed by atoms with E-state index in [1.165, 1.54) is 26.8 Å². The summed E-state index contributed by atoms with van der Waals surface area (Å²) in [6.07, 6.45) is 2.92. The van der Waals surface area contributed by atoms with Gasteiger partial charge in [-0.3, -0.25) is 0 Å². The Morgan fingerprint density at radius 3 is 2.44 bits per heavy atom. The van der Waals surface area contributed by atoms with Crippen LogP contribution in [-0.2, 0) is 11.3 Å². The third kappa shape index (κ3) is 1.18. The van der Waals surface area contributed by atoms with Gasteiger partial charge in [0.15, 0.2) is 0 Å². The van der Waals surface area contributed by atoms with Crippen LogP contribution in [-0.4, -0.2) is 9.07 Å². The topological polar surface area (TPSA) is 17.1 Å². The van der Waals surface area contributed by atoms with Gasteiger partial charge in [-0.1, -0.05) is 48.5 Å². The van der Waals surface area contributed by atoms with Crippen LogP contribution < -0.4 is 5.22 Å². The van der Waals surface area contributed by atoms with Crippen molar-refractivity contribution in [2.45, 2.75) is 6.42 Å². The van der Waals surface area contributed by atoms with Gasteiger partial charge in [-0.2, -0.15) is 0 Å². The molecule has 0 atom stereocenters. The molecule has 0 spiro atoms. The fourth-order valence-electron chi connectivity index (χ4n) is 2.90. The van der Waals surface area contributed by atoms with Gasteiger partial charge in [-0.05, 0) is 32.3 Å². The van der Waals surface area contributed by atoms with Crippen LogP contribution in [0.15, 0.2) is 42.5 Å². The molecule has 0 N–H and O–H groups in total. The summed E-state index contributed by atoms with van der Waals surface area (Å²) in [5, 5.41) is 6.29. The highest BCUT2D eigenvalue weighted by atomic mass is 32.1. The lowest BCUT2D eigenvalue weighted by Crippen LogP contribution is -2.15. The van der Waals surface area contributed by atoms with Crippen molar-refractivity contribution in [2.24, 2.45) is 0 Å².